The molecule has 0 aliphatic heterocycles. The van der Waals surface area contributed by atoms with Crippen molar-refractivity contribution in [1.29, 1.82) is 0 Å². The molecule has 2 N–H and O–H groups in total. The molecular formula is C14H13NO3. The van der Waals surface area contributed by atoms with E-state index in [4.69, 9.17) is 4.74 Å². The predicted molar refractivity (Wildman–Crippen MR) is 69.1 cm³/mol. The first-order chi connectivity index (χ1) is 8.70. The lowest BCUT2D eigenvalue weighted by Crippen LogP contribution is -2.11. The van der Waals surface area contributed by atoms with Crippen LogP contribution in [0.3, 0.4) is 0 Å². The Bertz CT molecular complexity index is 552. The summed E-state index contributed by atoms with van der Waals surface area (Å²) in [6.07, 6.45) is 0. The molecule has 0 atom stereocenters. The summed E-state index contributed by atoms with van der Waals surface area (Å²) in [6.45, 7) is 0. The zero-order valence-corrected chi connectivity index (χ0v) is 9.88. The third-order valence-electron chi connectivity index (χ3n) is 2.48. The van der Waals surface area contributed by atoms with Crippen LogP contribution in [0.25, 0.3) is 0 Å². The van der Waals surface area contributed by atoms with Gasteiger partial charge in [0.1, 0.15) is 11.5 Å². The van der Waals surface area contributed by atoms with E-state index >= 15 is 0 Å². The molecule has 18 heavy (non-hydrogen) atoms. The second-order valence-electron chi connectivity index (χ2n) is 3.70. The number of ether oxygens (including phenoxy) is 1. The lowest BCUT2D eigenvalue weighted by molar-refractivity contribution is 0.102. The van der Waals surface area contributed by atoms with Crippen LogP contribution in [0.5, 0.6) is 11.5 Å². The number of carbonyl (C=O) groups is 1. The molecule has 0 fully saturated rings. The lowest BCUT2D eigenvalue weighted by Gasteiger charge is -2.08. The van der Waals surface area contributed by atoms with Crippen LogP contribution < -0.4 is 10.1 Å². The predicted octanol–water partition coefficient (Wildman–Crippen LogP) is 2.65. The van der Waals surface area contributed by atoms with E-state index in [0.29, 0.717) is 11.4 Å². The molecule has 0 saturated carbocycles. The average Bonchev–Trinajstić information content (AvgIpc) is 2.39. The largest absolute Gasteiger partial charge is 0.507 e. The minimum absolute atomic E-state index is 0.109. The average molecular weight is 243 g/mol. The van der Waals surface area contributed by atoms with Crippen molar-refractivity contribution >= 4 is 11.6 Å². The summed E-state index contributed by atoms with van der Waals surface area (Å²) < 4.78 is 4.96. The van der Waals surface area contributed by atoms with E-state index in [1.165, 1.54) is 19.2 Å². The molecule has 2 rings (SSSR count). The number of phenolic OH excluding ortho intramolecular Hbond substituents is 1. The van der Waals surface area contributed by atoms with Crippen molar-refractivity contribution in [3.8, 4) is 11.5 Å². The van der Waals surface area contributed by atoms with Crippen LogP contribution in [0, 0.1) is 0 Å². The molecule has 0 saturated heterocycles. The van der Waals surface area contributed by atoms with Crippen LogP contribution >= 0.6 is 0 Å². The fraction of sp³-hybridized carbons (Fsp3) is 0.0714. The molecule has 0 aliphatic carbocycles. The zero-order valence-electron chi connectivity index (χ0n) is 9.88. The maximum absolute atomic E-state index is 11.9. The molecule has 1 amide bonds. The van der Waals surface area contributed by atoms with E-state index in [9.17, 15) is 9.90 Å². The molecular weight excluding hydrogens is 230 g/mol. The van der Waals surface area contributed by atoms with Gasteiger partial charge in [-0.25, -0.2) is 0 Å². The SMILES string of the molecule is COc1ccc(C(=O)Nc2ccccc2)c(O)c1. The maximum atomic E-state index is 11.9. The number of aromatic hydroxyl groups is 1. The number of para-hydroxylation sites is 1. The van der Waals surface area contributed by atoms with Crippen molar-refractivity contribution in [3.63, 3.8) is 0 Å². The van der Waals surface area contributed by atoms with Crippen LogP contribution in [0.4, 0.5) is 5.69 Å². The molecule has 0 aromatic heterocycles. The molecule has 0 radical (unpaired) electrons. The Morgan fingerprint density at radius 1 is 1.17 bits per heavy atom. The molecule has 0 bridgehead atoms. The first-order valence-electron chi connectivity index (χ1n) is 5.44. The van der Waals surface area contributed by atoms with E-state index in [2.05, 4.69) is 5.32 Å². The Hall–Kier alpha value is -2.49. The van der Waals surface area contributed by atoms with E-state index in [0.717, 1.165) is 0 Å². The number of rotatable bonds is 3. The van der Waals surface area contributed by atoms with Gasteiger partial charge in [-0.15, -0.1) is 0 Å². The van der Waals surface area contributed by atoms with Gasteiger partial charge in [0.15, 0.2) is 0 Å². The van der Waals surface area contributed by atoms with Crippen LogP contribution in [-0.2, 0) is 0 Å². The molecule has 2 aromatic carbocycles. The fourth-order valence-corrected chi connectivity index (χ4v) is 1.55. The Morgan fingerprint density at radius 3 is 2.50 bits per heavy atom. The monoisotopic (exact) mass is 243 g/mol. The van der Waals surface area contributed by atoms with Crippen molar-refractivity contribution in [2.45, 2.75) is 0 Å². The molecule has 92 valence electrons. The lowest BCUT2D eigenvalue weighted by atomic mass is 10.1. The molecule has 0 spiro atoms. The van der Waals surface area contributed by atoms with Gasteiger partial charge >= 0.3 is 0 Å². The number of anilines is 1. The smallest absolute Gasteiger partial charge is 0.259 e. The van der Waals surface area contributed by atoms with Crippen LogP contribution in [0.2, 0.25) is 0 Å². The topological polar surface area (TPSA) is 58.6 Å². The highest BCUT2D eigenvalue weighted by Gasteiger charge is 2.11. The number of amides is 1. The Kier molecular flexibility index (Phi) is 3.48. The fourth-order valence-electron chi connectivity index (χ4n) is 1.55. The first kappa shape index (κ1) is 12.0. The summed E-state index contributed by atoms with van der Waals surface area (Å²) in [5, 5.41) is 12.4. The van der Waals surface area contributed by atoms with Gasteiger partial charge in [0.25, 0.3) is 5.91 Å². The highest BCUT2D eigenvalue weighted by molar-refractivity contribution is 6.06. The highest BCUT2D eigenvalue weighted by Crippen LogP contribution is 2.24. The van der Waals surface area contributed by atoms with Crippen LogP contribution in [0.15, 0.2) is 48.5 Å². The molecule has 0 heterocycles. The van der Waals surface area contributed by atoms with Crippen molar-refractivity contribution in [2.24, 2.45) is 0 Å². The number of hydrogen-bond acceptors (Lipinski definition) is 3. The van der Waals surface area contributed by atoms with Crippen LogP contribution in [0.1, 0.15) is 10.4 Å². The summed E-state index contributed by atoms with van der Waals surface area (Å²) in [4.78, 5) is 11.9. The van der Waals surface area contributed by atoms with Crippen molar-refractivity contribution < 1.29 is 14.6 Å². The maximum Gasteiger partial charge on any atom is 0.259 e. The third-order valence-corrected chi connectivity index (χ3v) is 2.48. The van der Waals surface area contributed by atoms with Crippen molar-refractivity contribution in [3.05, 3.63) is 54.1 Å². The van der Waals surface area contributed by atoms with Gasteiger partial charge in [0.05, 0.1) is 12.7 Å². The molecule has 4 heteroatoms. The number of carbonyl (C=O) groups excluding carboxylic acids is 1. The van der Waals surface area contributed by atoms with Gasteiger partial charge in [-0.3, -0.25) is 4.79 Å². The third kappa shape index (κ3) is 2.60. The number of methoxy groups -OCH3 is 1. The minimum atomic E-state index is -0.360. The van der Waals surface area contributed by atoms with E-state index in [1.807, 2.05) is 18.2 Å². The van der Waals surface area contributed by atoms with Gasteiger partial charge in [-0.1, -0.05) is 18.2 Å². The number of nitrogens with one attached hydrogen (secondary N) is 1. The van der Waals surface area contributed by atoms with E-state index < -0.39 is 0 Å². The van der Waals surface area contributed by atoms with Crippen LogP contribution in [-0.4, -0.2) is 18.1 Å². The number of phenols is 1. The molecule has 0 unspecified atom stereocenters. The van der Waals surface area contributed by atoms with Gasteiger partial charge < -0.3 is 15.2 Å². The van der Waals surface area contributed by atoms with Gasteiger partial charge in [0, 0.05) is 11.8 Å². The standard InChI is InChI=1S/C14H13NO3/c1-18-11-7-8-12(13(16)9-11)14(17)15-10-5-3-2-4-6-10/h2-9,16H,1H3,(H,15,17). The quantitative estimate of drug-likeness (QED) is 0.871. The Labute approximate surface area is 105 Å². The Balaban J connectivity index is 2.19. The first-order valence-corrected chi connectivity index (χ1v) is 5.44. The number of hydrogen-bond donors (Lipinski definition) is 2. The van der Waals surface area contributed by atoms with Gasteiger partial charge in [-0.2, -0.15) is 0 Å². The summed E-state index contributed by atoms with van der Waals surface area (Å²) in [7, 11) is 1.50. The molecule has 2 aromatic rings. The summed E-state index contributed by atoms with van der Waals surface area (Å²) in [6, 6.07) is 13.6. The van der Waals surface area contributed by atoms with E-state index in [1.54, 1.807) is 18.2 Å². The van der Waals surface area contributed by atoms with Gasteiger partial charge in [-0.05, 0) is 24.3 Å². The summed E-state index contributed by atoms with van der Waals surface area (Å²) >= 11 is 0. The number of benzene rings is 2. The highest BCUT2D eigenvalue weighted by atomic mass is 16.5. The zero-order chi connectivity index (χ0) is 13.0. The minimum Gasteiger partial charge on any atom is -0.507 e. The molecule has 4 nitrogen and oxygen atoms in total. The Morgan fingerprint density at radius 2 is 1.89 bits per heavy atom. The second kappa shape index (κ2) is 5.23. The summed E-state index contributed by atoms with van der Waals surface area (Å²) in [5.41, 5.74) is 0.886. The summed E-state index contributed by atoms with van der Waals surface area (Å²) in [5.74, 6) is 0.0351. The normalized spacial score (nSPS) is 9.83. The van der Waals surface area contributed by atoms with Crippen molar-refractivity contribution in [1.82, 2.24) is 0 Å². The van der Waals surface area contributed by atoms with Crippen molar-refractivity contribution in [2.75, 3.05) is 12.4 Å². The van der Waals surface area contributed by atoms with E-state index in [-0.39, 0.29) is 17.2 Å². The second-order valence-corrected chi connectivity index (χ2v) is 3.70. The molecule has 0 aliphatic rings. The van der Waals surface area contributed by atoms with Gasteiger partial charge in [0.2, 0.25) is 0 Å².